The van der Waals surface area contributed by atoms with Crippen molar-refractivity contribution in [2.24, 2.45) is 5.73 Å². The van der Waals surface area contributed by atoms with Gasteiger partial charge in [0.25, 0.3) is 0 Å². The summed E-state index contributed by atoms with van der Waals surface area (Å²) >= 11 is 1.54. The zero-order valence-corrected chi connectivity index (χ0v) is 15.3. The van der Waals surface area contributed by atoms with Gasteiger partial charge in [-0.2, -0.15) is 11.8 Å². The summed E-state index contributed by atoms with van der Waals surface area (Å²) in [7, 11) is 0. The molecule has 4 atom stereocenters. The normalized spacial score (nSPS) is 15.4. The third kappa shape index (κ3) is 8.70. The lowest BCUT2D eigenvalue weighted by Gasteiger charge is -2.21. The number of nitrogens with two attached hydrogens (primary N) is 1. The Hall–Kier alpha value is -1.85. The zero-order chi connectivity index (χ0) is 19.6. The summed E-state index contributed by atoms with van der Waals surface area (Å²) in [5.74, 6) is -2.61. The van der Waals surface area contributed by atoms with E-state index in [-0.39, 0.29) is 0 Å². The zero-order valence-electron chi connectivity index (χ0n) is 14.4. The number of hydrogen-bond acceptors (Lipinski definition) is 7. The molecule has 0 radical (unpaired) electrons. The maximum absolute atomic E-state index is 12.0. The van der Waals surface area contributed by atoms with Gasteiger partial charge in [0, 0.05) is 0 Å². The van der Waals surface area contributed by atoms with Gasteiger partial charge in [-0.05, 0) is 32.3 Å². The van der Waals surface area contributed by atoms with Gasteiger partial charge in [-0.1, -0.05) is 0 Å². The number of hydrogen-bond donors (Lipinski definition) is 6. The molecule has 0 aliphatic carbocycles. The van der Waals surface area contributed by atoms with E-state index in [4.69, 9.17) is 10.8 Å². The van der Waals surface area contributed by atoms with Crippen molar-refractivity contribution in [1.82, 2.24) is 16.0 Å². The molecule has 0 unspecified atom stereocenters. The van der Waals surface area contributed by atoms with Crippen LogP contribution in [0, 0.1) is 0 Å². The van der Waals surface area contributed by atoms with E-state index >= 15 is 0 Å². The minimum absolute atomic E-state index is 0.454. The van der Waals surface area contributed by atoms with Crippen molar-refractivity contribution in [2.75, 3.05) is 18.6 Å². The molecule has 0 fully saturated rings. The first-order valence-electron chi connectivity index (χ1n) is 7.63. The van der Waals surface area contributed by atoms with E-state index in [1.807, 2.05) is 6.26 Å². The van der Waals surface area contributed by atoms with Gasteiger partial charge < -0.3 is 31.9 Å². The summed E-state index contributed by atoms with van der Waals surface area (Å²) in [6.45, 7) is 1.92. The van der Waals surface area contributed by atoms with Gasteiger partial charge in [0.15, 0.2) is 0 Å². The predicted octanol–water partition coefficient (Wildman–Crippen LogP) is -2.36. The van der Waals surface area contributed by atoms with E-state index in [0.717, 1.165) is 0 Å². The number of nitrogens with one attached hydrogen (secondary N) is 3. The number of aliphatic carboxylic acids is 1. The standard InChI is InChI=1S/C14H26N4O6S/c1-7(16-12(21)9(15)4-5-25-3)11(20)18-10(6-19)13(22)17-8(2)14(23)24/h7-10,19H,4-6,15H2,1-3H3,(H,16,21)(H,17,22)(H,18,20)(H,23,24)/t7-,8-,9-,10-/m0/s1. The molecule has 7 N–H and O–H groups in total. The SMILES string of the molecule is CSCC[C@H](N)C(=O)N[C@@H](C)C(=O)N[C@@H](CO)C(=O)N[C@@H](C)C(=O)O. The van der Waals surface area contributed by atoms with Crippen LogP contribution in [0.5, 0.6) is 0 Å². The lowest BCUT2D eigenvalue weighted by molar-refractivity contribution is -0.142. The van der Waals surface area contributed by atoms with Gasteiger partial charge in [0.05, 0.1) is 12.6 Å². The van der Waals surface area contributed by atoms with Crippen molar-refractivity contribution in [2.45, 2.75) is 44.4 Å². The Morgan fingerprint density at radius 2 is 1.56 bits per heavy atom. The van der Waals surface area contributed by atoms with Crippen molar-refractivity contribution in [3.8, 4) is 0 Å². The summed E-state index contributed by atoms with van der Waals surface area (Å²) in [6, 6.07) is -4.24. The molecule has 144 valence electrons. The fraction of sp³-hybridized carbons (Fsp3) is 0.714. The van der Waals surface area contributed by atoms with Crippen LogP contribution in [0.15, 0.2) is 0 Å². The van der Waals surface area contributed by atoms with Crippen LogP contribution in [0.25, 0.3) is 0 Å². The monoisotopic (exact) mass is 378 g/mol. The summed E-state index contributed by atoms with van der Waals surface area (Å²) in [5, 5.41) is 24.8. The molecule has 11 heteroatoms. The number of aliphatic hydroxyl groups excluding tert-OH is 1. The maximum atomic E-state index is 12.0. The second kappa shape index (κ2) is 11.7. The Kier molecular flexibility index (Phi) is 10.8. The van der Waals surface area contributed by atoms with Crippen LogP contribution in [-0.2, 0) is 19.2 Å². The Balaban J connectivity index is 4.58. The number of carbonyl (C=O) groups is 4. The third-order valence-electron chi connectivity index (χ3n) is 3.27. The number of amides is 3. The fourth-order valence-electron chi connectivity index (χ4n) is 1.63. The first kappa shape index (κ1) is 23.1. The van der Waals surface area contributed by atoms with E-state index in [2.05, 4.69) is 16.0 Å². The van der Waals surface area contributed by atoms with Gasteiger partial charge >= 0.3 is 5.97 Å². The van der Waals surface area contributed by atoms with Crippen molar-refractivity contribution in [1.29, 1.82) is 0 Å². The Morgan fingerprint density at radius 3 is 2.04 bits per heavy atom. The van der Waals surface area contributed by atoms with Crippen molar-refractivity contribution in [3.05, 3.63) is 0 Å². The van der Waals surface area contributed by atoms with E-state index in [1.165, 1.54) is 13.8 Å². The maximum Gasteiger partial charge on any atom is 0.325 e. The van der Waals surface area contributed by atoms with Gasteiger partial charge in [-0.25, -0.2) is 0 Å². The second-order valence-corrected chi connectivity index (χ2v) is 6.42. The van der Waals surface area contributed by atoms with Crippen LogP contribution in [0.2, 0.25) is 0 Å². The third-order valence-corrected chi connectivity index (χ3v) is 3.91. The highest BCUT2D eigenvalue weighted by Crippen LogP contribution is 1.99. The fourth-order valence-corrected chi connectivity index (χ4v) is 2.12. The van der Waals surface area contributed by atoms with E-state index in [0.29, 0.717) is 12.2 Å². The molecule has 0 spiro atoms. The molecule has 0 rings (SSSR count). The Morgan fingerprint density at radius 1 is 1.00 bits per heavy atom. The number of rotatable bonds is 11. The van der Waals surface area contributed by atoms with Gasteiger partial charge in [0.2, 0.25) is 17.7 Å². The van der Waals surface area contributed by atoms with Crippen molar-refractivity contribution >= 4 is 35.5 Å². The number of carboxylic acid groups (broad SMARTS) is 1. The van der Waals surface area contributed by atoms with Crippen molar-refractivity contribution < 1.29 is 29.4 Å². The molecular formula is C14H26N4O6S. The summed E-state index contributed by atoms with van der Waals surface area (Å²) in [4.78, 5) is 46.4. The number of carboxylic acids is 1. The largest absolute Gasteiger partial charge is 0.480 e. The molecule has 0 aliphatic rings. The lowest BCUT2D eigenvalue weighted by atomic mass is 10.2. The average Bonchev–Trinajstić information content (AvgIpc) is 2.56. The van der Waals surface area contributed by atoms with Crippen molar-refractivity contribution in [3.63, 3.8) is 0 Å². The number of thioether (sulfide) groups is 1. The molecule has 0 saturated heterocycles. The van der Waals surface area contributed by atoms with Crippen LogP contribution in [-0.4, -0.2) is 76.7 Å². The molecular weight excluding hydrogens is 352 g/mol. The average molecular weight is 378 g/mol. The van der Waals surface area contributed by atoms with E-state index in [1.54, 1.807) is 11.8 Å². The summed E-state index contributed by atoms with van der Waals surface area (Å²) in [5.41, 5.74) is 5.69. The van der Waals surface area contributed by atoms with E-state index < -0.39 is 54.5 Å². The molecule has 0 bridgehead atoms. The van der Waals surface area contributed by atoms with Gasteiger partial charge in [-0.3, -0.25) is 19.2 Å². The molecule has 0 aliphatic heterocycles. The summed E-state index contributed by atoms with van der Waals surface area (Å²) in [6.07, 6.45) is 2.34. The molecule has 0 heterocycles. The van der Waals surface area contributed by atoms with Crippen LogP contribution in [0.3, 0.4) is 0 Å². The predicted molar refractivity (Wildman–Crippen MR) is 92.8 cm³/mol. The molecule has 0 aromatic rings. The first-order chi connectivity index (χ1) is 11.6. The highest BCUT2D eigenvalue weighted by Gasteiger charge is 2.26. The van der Waals surface area contributed by atoms with E-state index in [9.17, 15) is 24.3 Å². The van der Waals surface area contributed by atoms with Crippen LogP contribution in [0.1, 0.15) is 20.3 Å². The molecule has 0 aromatic carbocycles. The van der Waals surface area contributed by atoms with Crippen LogP contribution in [0.4, 0.5) is 0 Å². The highest BCUT2D eigenvalue weighted by atomic mass is 32.2. The number of aliphatic hydroxyl groups is 1. The molecule has 3 amide bonds. The minimum atomic E-state index is -1.33. The molecule has 10 nitrogen and oxygen atoms in total. The molecule has 0 saturated carbocycles. The first-order valence-corrected chi connectivity index (χ1v) is 9.02. The van der Waals surface area contributed by atoms with Crippen LogP contribution < -0.4 is 21.7 Å². The quantitative estimate of drug-likeness (QED) is 0.232. The topological polar surface area (TPSA) is 171 Å². The van der Waals surface area contributed by atoms with Crippen LogP contribution >= 0.6 is 11.8 Å². The summed E-state index contributed by atoms with van der Waals surface area (Å²) < 4.78 is 0. The Bertz CT molecular complexity index is 490. The second-order valence-electron chi connectivity index (χ2n) is 5.43. The minimum Gasteiger partial charge on any atom is -0.480 e. The van der Waals surface area contributed by atoms with Gasteiger partial charge in [0.1, 0.15) is 18.1 Å². The number of carbonyl (C=O) groups excluding carboxylic acids is 3. The smallest absolute Gasteiger partial charge is 0.325 e. The van der Waals surface area contributed by atoms with Gasteiger partial charge in [-0.15, -0.1) is 0 Å². The lowest BCUT2D eigenvalue weighted by Crippen LogP contribution is -2.57. The Labute approximate surface area is 150 Å². The highest BCUT2D eigenvalue weighted by molar-refractivity contribution is 7.98. The molecule has 25 heavy (non-hydrogen) atoms. The molecule has 0 aromatic heterocycles.